The predicted molar refractivity (Wildman–Crippen MR) is 60.5 cm³/mol. The Morgan fingerprint density at radius 2 is 2.25 bits per heavy atom. The lowest BCUT2D eigenvalue weighted by molar-refractivity contribution is 0.0953. The Morgan fingerprint density at radius 1 is 1.50 bits per heavy atom. The Hall–Kier alpha value is -1.91. The van der Waals surface area contributed by atoms with Crippen molar-refractivity contribution in [3.05, 3.63) is 29.2 Å². The van der Waals surface area contributed by atoms with Crippen LogP contribution in [-0.4, -0.2) is 27.0 Å². The molecule has 1 amide bonds. The van der Waals surface area contributed by atoms with Crippen molar-refractivity contribution in [2.45, 2.75) is 20.8 Å². The number of hydrogen-bond acceptors (Lipinski definition) is 3. The van der Waals surface area contributed by atoms with Crippen molar-refractivity contribution in [2.24, 2.45) is 0 Å². The Labute approximate surface area is 93.5 Å². The highest BCUT2D eigenvalue weighted by Crippen LogP contribution is 2.13. The van der Waals surface area contributed by atoms with Crippen LogP contribution in [-0.2, 0) is 0 Å². The monoisotopic (exact) mass is 218 g/mol. The van der Waals surface area contributed by atoms with Crippen LogP contribution < -0.4 is 5.32 Å². The third-order valence-corrected chi connectivity index (χ3v) is 2.51. The zero-order valence-corrected chi connectivity index (χ0v) is 9.61. The molecule has 1 N–H and O–H groups in total. The first kappa shape index (κ1) is 10.6. The summed E-state index contributed by atoms with van der Waals surface area (Å²) >= 11 is 0. The van der Waals surface area contributed by atoms with E-state index in [2.05, 4.69) is 15.4 Å². The van der Waals surface area contributed by atoms with Crippen LogP contribution >= 0.6 is 0 Å². The summed E-state index contributed by atoms with van der Waals surface area (Å²) in [6, 6.07) is 1.82. The van der Waals surface area contributed by atoms with Gasteiger partial charge in [0.15, 0.2) is 5.65 Å². The van der Waals surface area contributed by atoms with Gasteiger partial charge in [-0.3, -0.25) is 4.79 Å². The van der Waals surface area contributed by atoms with Crippen molar-refractivity contribution in [3.8, 4) is 0 Å². The van der Waals surface area contributed by atoms with Crippen LogP contribution in [0.15, 0.2) is 12.3 Å². The molecule has 2 aromatic rings. The average Bonchev–Trinajstić information content (AvgIpc) is 2.66. The van der Waals surface area contributed by atoms with Gasteiger partial charge in [-0.1, -0.05) is 0 Å². The molecule has 0 atom stereocenters. The standard InChI is InChI=1S/C11H14N4O/c1-4-12-11(16)10-7(2)14-9-5-6-13-15(9)8(10)3/h5-6H,4H2,1-3H3,(H,12,16). The molecule has 0 radical (unpaired) electrons. The lowest BCUT2D eigenvalue weighted by Crippen LogP contribution is -2.26. The third kappa shape index (κ3) is 1.54. The topological polar surface area (TPSA) is 59.3 Å². The molecule has 0 spiro atoms. The minimum Gasteiger partial charge on any atom is -0.352 e. The Bertz CT molecular complexity index is 544. The summed E-state index contributed by atoms with van der Waals surface area (Å²) in [7, 11) is 0. The fraction of sp³-hybridized carbons (Fsp3) is 0.364. The Morgan fingerprint density at radius 3 is 2.94 bits per heavy atom. The molecule has 0 aliphatic carbocycles. The predicted octanol–water partition coefficient (Wildman–Crippen LogP) is 1.10. The van der Waals surface area contributed by atoms with E-state index in [0.29, 0.717) is 12.1 Å². The maximum absolute atomic E-state index is 11.9. The summed E-state index contributed by atoms with van der Waals surface area (Å²) in [6.07, 6.45) is 1.68. The van der Waals surface area contributed by atoms with Crippen LogP contribution in [0.2, 0.25) is 0 Å². The number of carbonyl (C=O) groups is 1. The Balaban J connectivity index is 2.63. The van der Waals surface area contributed by atoms with Crippen LogP contribution in [0.1, 0.15) is 28.7 Å². The van der Waals surface area contributed by atoms with Gasteiger partial charge in [-0.2, -0.15) is 5.10 Å². The number of nitrogens with zero attached hydrogens (tertiary/aromatic N) is 3. The first-order valence-electron chi connectivity index (χ1n) is 5.24. The second-order valence-corrected chi connectivity index (χ2v) is 3.62. The summed E-state index contributed by atoms with van der Waals surface area (Å²) in [5, 5.41) is 6.92. The van der Waals surface area contributed by atoms with E-state index in [1.807, 2.05) is 26.8 Å². The van der Waals surface area contributed by atoms with Crippen LogP contribution in [0.5, 0.6) is 0 Å². The van der Waals surface area contributed by atoms with Crippen LogP contribution in [0.3, 0.4) is 0 Å². The van der Waals surface area contributed by atoms with E-state index in [-0.39, 0.29) is 5.91 Å². The van der Waals surface area contributed by atoms with Gasteiger partial charge in [0.1, 0.15) is 0 Å². The lowest BCUT2D eigenvalue weighted by atomic mass is 10.1. The molecule has 0 unspecified atom stereocenters. The highest BCUT2D eigenvalue weighted by Gasteiger charge is 2.15. The highest BCUT2D eigenvalue weighted by molar-refractivity contribution is 5.96. The molecular formula is C11H14N4O. The maximum Gasteiger partial charge on any atom is 0.254 e. The van der Waals surface area contributed by atoms with Crippen molar-refractivity contribution in [3.63, 3.8) is 0 Å². The number of amides is 1. The number of fused-ring (bicyclic) bond motifs is 1. The van der Waals surface area contributed by atoms with Gasteiger partial charge in [0.05, 0.1) is 23.1 Å². The van der Waals surface area contributed by atoms with Gasteiger partial charge in [-0.25, -0.2) is 9.50 Å². The number of aryl methyl sites for hydroxylation is 2. The lowest BCUT2D eigenvalue weighted by Gasteiger charge is -2.10. The van der Waals surface area contributed by atoms with Crippen LogP contribution in [0, 0.1) is 13.8 Å². The molecule has 16 heavy (non-hydrogen) atoms. The van der Waals surface area contributed by atoms with Crippen LogP contribution in [0.25, 0.3) is 5.65 Å². The molecular weight excluding hydrogens is 204 g/mol. The SMILES string of the molecule is CCNC(=O)c1c(C)nc2ccnn2c1C. The summed E-state index contributed by atoms with van der Waals surface area (Å²) < 4.78 is 1.68. The maximum atomic E-state index is 11.9. The van der Waals surface area contributed by atoms with Gasteiger partial charge < -0.3 is 5.32 Å². The number of nitrogens with one attached hydrogen (secondary N) is 1. The van der Waals surface area contributed by atoms with E-state index >= 15 is 0 Å². The molecule has 84 valence electrons. The van der Waals surface area contributed by atoms with Gasteiger partial charge in [0, 0.05) is 12.6 Å². The first-order valence-corrected chi connectivity index (χ1v) is 5.24. The molecule has 2 heterocycles. The molecule has 0 aliphatic heterocycles. The zero-order valence-electron chi connectivity index (χ0n) is 9.61. The molecule has 0 bridgehead atoms. The summed E-state index contributed by atoms with van der Waals surface area (Å²) in [5.41, 5.74) is 2.93. The average molecular weight is 218 g/mol. The summed E-state index contributed by atoms with van der Waals surface area (Å²) in [6.45, 7) is 6.21. The largest absolute Gasteiger partial charge is 0.352 e. The molecule has 0 saturated heterocycles. The van der Waals surface area contributed by atoms with E-state index in [1.54, 1.807) is 10.7 Å². The first-order chi connectivity index (χ1) is 7.65. The molecule has 0 aliphatic rings. The van der Waals surface area contributed by atoms with Crippen molar-refractivity contribution in [2.75, 3.05) is 6.54 Å². The van der Waals surface area contributed by atoms with E-state index in [0.717, 1.165) is 17.0 Å². The summed E-state index contributed by atoms with van der Waals surface area (Å²) in [5.74, 6) is -0.0950. The molecule has 0 saturated carbocycles. The second-order valence-electron chi connectivity index (χ2n) is 3.62. The van der Waals surface area contributed by atoms with Gasteiger partial charge in [0.25, 0.3) is 5.91 Å². The van der Waals surface area contributed by atoms with Gasteiger partial charge >= 0.3 is 0 Å². The van der Waals surface area contributed by atoms with Gasteiger partial charge in [0.2, 0.25) is 0 Å². The van der Waals surface area contributed by atoms with Crippen molar-refractivity contribution >= 4 is 11.6 Å². The molecule has 2 rings (SSSR count). The third-order valence-electron chi connectivity index (χ3n) is 2.51. The molecule has 2 aromatic heterocycles. The number of hydrogen-bond donors (Lipinski definition) is 1. The van der Waals surface area contributed by atoms with Crippen molar-refractivity contribution in [1.82, 2.24) is 19.9 Å². The molecule has 5 heteroatoms. The zero-order chi connectivity index (χ0) is 11.7. The van der Waals surface area contributed by atoms with E-state index < -0.39 is 0 Å². The Kier molecular flexibility index (Phi) is 2.60. The van der Waals surface area contributed by atoms with E-state index in [9.17, 15) is 4.79 Å². The van der Waals surface area contributed by atoms with Gasteiger partial charge in [-0.15, -0.1) is 0 Å². The van der Waals surface area contributed by atoms with Crippen molar-refractivity contribution in [1.29, 1.82) is 0 Å². The van der Waals surface area contributed by atoms with Crippen LogP contribution in [0.4, 0.5) is 0 Å². The summed E-state index contributed by atoms with van der Waals surface area (Å²) in [4.78, 5) is 16.2. The quantitative estimate of drug-likeness (QED) is 0.821. The molecule has 0 fully saturated rings. The number of carbonyl (C=O) groups excluding carboxylic acids is 1. The second kappa shape index (κ2) is 3.92. The fourth-order valence-electron chi connectivity index (χ4n) is 1.81. The van der Waals surface area contributed by atoms with Crippen molar-refractivity contribution < 1.29 is 4.79 Å². The number of rotatable bonds is 2. The van der Waals surface area contributed by atoms with E-state index in [1.165, 1.54) is 0 Å². The van der Waals surface area contributed by atoms with Gasteiger partial charge in [-0.05, 0) is 20.8 Å². The fourth-order valence-corrected chi connectivity index (χ4v) is 1.81. The minimum atomic E-state index is -0.0950. The smallest absolute Gasteiger partial charge is 0.254 e. The normalized spacial score (nSPS) is 10.7. The molecule has 5 nitrogen and oxygen atoms in total. The van der Waals surface area contributed by atoms with E-state index in [4.69, 9.17) is 0 Å². The highest BCUT2D eigenvalue weighted by atomic mass is 16.1. The molecule has 0 aromatic carbocycles. The number of aromatic nitrogens is 3. The minimum absolute atomic E-state index is 0.0950.